The monoisotopic (exact) mass is 344 g/mol. The summed E-state index contributed by atoms with van der Waals surface area (Å²) in [7, 11) is 0. The summed E-state index contributed by atoms with van der Waals surface area (Å²) in [5, 5.41) is 3.71. The maximum absolute atomic E-state index is 12.9. The molecule has 0 atom stereocenters. The predicted molar refractivity (Wildman–Crippen MR) is 109 cm³/mol. The van der Waals surface area contributed by atoms with Crippen molar-refractivity contribution < 1.29 is 4.79 Å². The number of hydrogen-bond acceptors (Lipinski definition) is 1. The van der Waals surface area contributed by atoms with Crippen LogP contribution in [0.3, 0.4) is 0 Å². The smallest absolute Gasteiger partial charge is 0.159 e. The molecule has 1 aliphatic rings. The van der Waals surface area contributed by atoms with Gasteiger partial charge in [-0.2, -0.15) is 0 Å². The van der Waals surface area contributed by atoms with Crippen molar-refractivity contribution in [3.63, 3.8) is 0 Å². The second kappa shape index (κ2) is 6.86. The first-order chi connectivity index (χ1) is 12.3. The highest BCUT2D eigenvalue weighted by Gasteiger charge is 2.32. The summed E-state index contributed by atoms with van der Waals surface area (Å²) in [6.45, 7) is -2.10. The SMILES string of the molecule is O=C(C=P(c1ccccc1)(c1ccccc1)c1ccccc1)C1CC1. The van der Waals surface area contributed by atoms with E-state index in [1.165, 1.54) is 15.9 Å². The van der Waals surface area contributed by atoms with Crippen LogP contribution < -0.4 is 15.9 Å². The van der Waals surface area contributed by atoms with Crippen LogP contribution in [0.2, 0.25) is 0 Å². The van der Waals surface area contributed by atoms with E-state index in [0.717, 1.165) is 12.8 Å². The Morgan fingerprint density at radius 3 is 1.36 bits per heavy atom. The van der Waals surface area contributed by atoms with Crippen molar-refractivity contribution in [2.75, 3.05) is 0 Å². The van der Waals surface area contributed by atoms with E-state index in [1.807, 2.05) is 18.2 Å². The molecule has 4 rings (SSSR count). The molecule has 1 aliphatic carbocycles. The standard InChI is InChI=1S/C23H21OP/c24-23(19-16-17-19)18-25(20-10-4-1-5-11-20,21-12-6-2-7-13-21)22-14-8-3-9-15-22/h1-15,18-19H,16-17H2. The zero-order chi connectivity index (χ0) is 17.1. The Labute approximate surface area is 149 Å². The van der Waals surface area contributed by atoms with Crippen LogP contribution in [0.5, 0.6) is 0 Å². The fourth-order valence-corrected chi connectivity index (χ4v) is 7.19. The Morgan fingerprint density at radius 2 is 1.04 bits per heavy atom. The van der Waals surface area contributed by atoms with Crippen molar-refractivity contribution in [1.82, 2.24) is 0 Å². The normalized spacial score (nSPS) is 14.1. The lowest BCUT2D eigenvalue weighted by Gasteiger charge is -2.28. The van der Waals surface area contributed by atoms with Crippen molar-refractivity contribution >= 4 is 34.4 Å². The third kappa shape index (κ3) is 3.13. The highest BCUT2D eigenvalue weighted by atomic mass is 31.2. The molecule has 0 aliphatic heterocycles. The van der Waals surface area contributed by atoms with E-state index >= 15 is 0 Å². The summed E-state index contributed by atoms with van der Waals surface area (Å²) >= 11 is 0. The average Bonchev–Trinajstić information content (AvgIpc) is 3.53. The molecule has 3 aromatic rings. The lowest BCUT2D eigenvalue weighted by molar-refractivity contribution is -0.113. The fourth-order valence-electron chi connectivity index (χ4n) is 3.32. The molecular weight excluding hydrogens is 323 g/mol. The van der Waals surface area contributed by atoms with Crippen LogP contribution >= 0.6 is 6.89 Å². The number of rotatable bonds is 5. The second-order valence-corrected chi connectivity index (χ2v) is 9.79. The number of Topliss-reactive ketones (excluding diaryl/α,β-unsaturated/α-hetero) is 1. The van der Waals surface area contributed by atoms with Crippen LogP contribution in [-0.4, -0.2) is 11.6 Å². The fraction of sp³-hybridized carbons (Fsp3) is 0.130. The Hall–Kier alpha value is -2.37. The van der Waals surface area contributed by atoms with E-state index in [-0.39, 0.29) is 5.92 Å². The van der Waals surface area contributed by atoms with E-state index in [2.05, 4.69) is 78.6 Å². The summed E-state index contributed by atoms with van der Waals surface area (Å²) < 4.78 is 0. The molecule has 0 aromatic heterocycles. The van der Waals surface area contributed by atoms with Crippen molar-refractivity contribution in [2.45, 2.75) is 12.8 Å². The van der Waals surface area contributed by atoms with Crippen LogP contribution in [0, 0.1) is 5.92 Å². The minimum absolute atomic E-state index is 0.232. The van der Waals surface area contributed by atoms with Gasteiger partial charge in [0.25, 0.3) is 0 Å². The summed E-state index contributed by atoms with van der Waals surface area (Å²) in [5.41, 5.74) is 0. The van der Waals surface area contributed by atoms with Crippen LogP contribution in [0.1, 0.15) is 12.8 Å². The number of carbonyl (C=O) groups is 1. The molecule has 1 saturated carbocycles. The Bertz CT molecular complexity index is 807. The summed E-state index contributed by atoms with van der Waals surface area (Å²) in [4.78, 5) is 12.9. The predicted octanol–water partition coefficient (Wildman–Crippen LogP) is 3.76. The molecule has 1 fully saturated rings. The molecule has 0 saturated heterocycles. The van der Waals surface area contributed by atoms with Gasteiger partial charge in [-0.25, -0.2) is 0 Å². The van der Waals surface area contributed by atoms with Gasteiger partial charge >= 0.3 is 0 Å². The quantitative estimate of drug-likeness (QED) is 0.644. The van der Waals surface area contributed by atoms with Crippen LogP contribution in [0.25, 0.3) is 0 Å². The van der Waals surface area contributed by atoms with E-state index in [0.29, 0.717) is 5.78 Å². The number of carbonyl (C=O) groups excluding carboxylic acids is 1. The van der Waals surface area contributed by atoms with Crippen LogP contribution in [0.4, 0.5) is 0 Å². The zero-order valence-corrected chi connectivity index (χ0v) is 15.0. The maximum Gasteiger partial charge on any atom is 0.159 e. The van der Waals surface area contributed by atoms with Gasteiger partial charge in [-0.3, -0.25) is 4.79 Å². The number of benzene rings is 3. The van der Waals surface area contributed by atoms with Crippen molar-refractivity contribution in [2.24, 2.45) is 5.92 Å². The molecule has 0 heterocycles. The molecule has 0 spiro atoms. The molecule has 2 heteroatoms. The lowest BCUT2D eigenvalue weighted by Crippen LogP contribution is -2.28. The Kier molecular flexibility index (Phi) is 4.42. The molecule has 0 unspecified atom stereocenters. The first-order valence-electron chi connectivity index (χ1n) is 8.76. The highest BCUT2D eigenvalue weighted by Crippen LogP contribution is 2.44. The number of ketones is 1. The van der Waals surface area contributed by atoms with Crippen molar-refractivity contribution in [3.8, 4) is 0 Å². The van der Waals surface area contributed by atoms with Gasteiger partial charge in [-0.1, -0.05) is 91.0 Å². The lowest BCUT2D eigenvalue weighted by atomic mass is 10.3. The largest absolute Gasteiger partial charge is 0.294 e. The summed E-state index contributed by atoms with van der Waals surface area (Å²) in [5.74, 6) is 2.62. The van der Waals surface area contributed by atoms with Gasteiger partial charge in [-0.05, 0) is 41.4 Å². The molecule has 3 aromatic carbocycles. The first kappa shape index (κ1) is 16.1. The van der Waals surface area contributed by atoms with Crippen LogP contribution in [0.15, 0.2) is 91.0 Å². The topological polar surface area (TPSA) is 17.1 Å². The zero-order valence-electron chi connectivity index (χ0n) is 14.1. The molecular formula is C23H21OP. The molecule has 124 valence electrons. The van der Waals surface area contributed by atoms with Crippen molar-refractivity contribution in [3.05, 3.63) is 91.0 Å². The van der Waals surface area contributed by atoms with Gasteiger partial charge in [-0.15, -0.1) is 0 Å². The molecule has 0 N–H and O–H groups in total. The number of hydrogen-bond donors (Lipinski definition) is 0. The van der Waals surface area contributed by atoms with Gasteiger partial charge in [0.2, 0.25) is 0 Å². The average molecular weight is 344 g/mol. The maximum atomic E-state index is 12.9. The van der Waals surface area contributed by atoms with Crippen LogP contribution in [-0.2, 0) is 4.79 Å². The summed E-state index contributed by atoms with van der Waals surface area (Å²) in [6, 6.07) is 31.6. The summed E-state index contributed by atoms with van der Waals surface area (Å²) in [6.07, 6.45) is 2.07. The minimum Gasteiger partial charge on any atom is -0.294 e. The van der Waals surface area contributed by atoms with Gasteiger partial charge in [0, 0.05) is 5.92 Å². The molecule has 25 heavy (non-hydrogen) atoms. The van der Waals surface area contributed by atoms with Crippen molar-refractivity contribution in [1.29, 1.82) is 0 Å². The van der Waals surface area contributed by atoms with Gasteiger partial charge in [0.1, 0.15) is 0 Å². The van der Waals surface area contributed by atoms with E-state index < -0.39 is 6.89 Å². The third-order valence-electron chi connectivity index (χ3n) is 4.79. The second-order valence-electron chi connectivity index (χ2n) is 6.54. The van der Waals surface area contributed by atoms with Gasteiger partial charge in [0.05, 0.1) is 0 Å². The van der Waals surface area contributed by atoms with Gasteiger partial charge in [0.15, 0.2) is 5.78 Å². The molecule has 0 bridgehead atoms. The van der Waals surface area contributed by atoms with Gasteiger partial charge < -0.3 is 0 Å². The first-order valence-corrected chi connectivity index (χ1v) is 10.6. The van der Waals surface area contributed by atoms with E-state index in [4.69, 9.17) is 0 Å². The Morgan fingerprint density at radius 1 is 0.680 bits per heavy atom. The third-order valence-corrected chi connectivity index (χ3v) is 8.77. The molecule has 1 nitrogen and oxygen atoms in total. The minimum atomic E-state index is -2.10. The highest BCUT2D eigenvalue weighted by molar-refractivity contribution is 7.95. The Balaban J connectivity index is 2.06. The molecule has 0 amide bonds. The molecule has 0 radical (unpaired) electrons. The van der Waals surface area contributed by atoms with E-state index in [9.17, 15) is 4.79 Å². The van der Waals surface area contributed by atoms with E-state index in [1.54, 1.807) is 0 Å².